The van der Waals surface area contributed by atoms with E-state index in [1.54, 1.807) is 0 Å². The van der Waals surface area contributed by atoms with Crippen LogP contribution in [0.2, 0.25) is 0 Å². The van der Waals surface area contributed by atoms with Crippen molar-refractivity contribution in [3.05, 3.63) is 11.5 Å². The van der Waals surface area contributed by atoms with E-state index in [1.807, 2.05) is 0 Å². The second kappa shape index (κ2) is 5.92. The number of carbonyl (C=O) groups excluding carboxylic acids is 2. The van der Waals surface area contributed by atoms with Crippen LogP contribution in [0, 0.1) is 0 Å². The van der Waals surface area contributed by atoms with Gasteiger partial charge < -0.3 is 19.7 Å². The largest absolute Gasteiger partial charge is 0.505 e. The van der Waals surface area contributed by atoms with Crippen molar-refractivity contribution in [3.63, 3.8) is 0 Å². The summed E-state index contributed by atoms with van der Waals surface area (Å²) in [5.74, 6) is -2.27. The van der Waals surface area contributed by atoms with Crippen LogP contribution in [0.1, 0.15) is 13.8 Å². The van der Waals surface area contributed by atoms with Crippen molar-refractivity contribution < 1.29 is 29.3 Å². The Labute approximate surface area is 120 Å². The molecule has 6 nitrogen and oxygen atoms in total. The van der Waals surface area contributed by atoms with E-state index in [1.165, 1.54) is 13.8 Å². The molecule has 2 N–H and O–H groups in total. The molecule has 0 spiro atoms. The van der Waals surface area contributed by atoms with Crippen LogP contribution in [0.4, 0.5) is 0 Å². The zero-order chi connectivity index (χ0) is 14.0. The van der Waals surface area contributed by atoms with Gasteiger partial charge in [-0.05, 0) is 0 Å². The van der Waals surface area contributed by atoms with E-state index in [-0.39, 0.29) is 0 Å². The van der Waals surface area contributed by atoms with Crippen molar-refractivity contribution >= 4 is 43.8 Å². The van der Waals surface area contributed by atoms with E-state index in [9.17, 15) is 19.8 Å². The second-order valence-electron chi connectivity index (χ2n) is 3.72. The lowest BCUT2D eigenvalue weighted by molar-refractivity contribution is -0.151. The summed E-state index contributed by atoms with van der Waals surface area (Å²) in [6.45, 7) is 2.37. The third-order valence-corrected chi connectivity index (χ3v) is 5.08. The first-order valence-electron chi connectivity index (χ1n) is 5.00. The van der Waals surface area contributed by atoms with Crippen LogP contribution in [0.15, 0.2) is 11.5 Å². The van der Waals surface area contributed by atoms with Crippen LogP contribution in [0.25, 0.3) is 0 Å². The first-order chi connectivity index (χ1) is 8.25. The summed E-state index contributed by atoms with van der Waals surface area (Å²) < 4.78 is 9.77. The van der Waals surface area contributed by atoms with Gasteiger partial charge >= 0.3 is 11.9 Å². The van der Waals surface area contributed by atoms with Gasteiger partial charge in [0.15, 0.2) is 23.7 Å². The number of hydrogen-bond donors (Lipinski definition) is 2. The zero-order valence-corrected chi connectivity index (χ0v) is 12.8. The molecule has 1 aliphatic carbocycles. The van der Waals surface area contributed by atoms with Gasteiger partial charge in [0.05, 0.1) is 9.65 Å². The molecule has 0 saturated heterocycles. The Bertz CT molecular complexity index is 358. The lowest BCUT2D eigenvalue weighted by Crippen LogP contribution is -2.48. The number of carbonyl (C=O) groups is 2. The monoisotopic (exact) mass is 386 g/mol. The number of aliphatic hydroxyl groups is 2. The van der Waals surface area contributed by atoms with Crippen molar-refractivity contribution in [3.8, 4) is 0 Å². The van der Waals surface area contributed by atoms with Crippen LogP contribution in [-0.2, 0) is 19.1 Å². The fraction of sp³-hybridized carbons (Fsp3) is 0.600. The minimum Gasteiger partial charge on any atom is -0.505 e. The fourth-order valence-electron chi connectivity index (χ4n) is 1.53. The third kappa shape index (κ3) is 3.17. The molecule has 1 rings (SSSR count). The lowest BCUT2D eigenvalue weighted by Gasteiger charge is -2.35. The summed E-state index contributed by atoms with van der Waals surface area (Å²) in [4.78, 5) is 20.7. The van der Waals surface area contributed by atoms with E-state index < -0.39 is 45.3 Å². The highest BCUT2D eigenvalue weighted by Crippen LogP contribution is 2.36. The molecule has 0 saturated carbocycles. The van der Waals surface area contributed by atoms with Crippen molar-refractivity contribution in [1.82, 2.24) is 0 Å². The molecule has 0 heterocycles. The fourth-order valence-corrected chi connectivity index (χ4v) is 2.80. The van der Waals surface area contributed by atoms with Crippen LogP contribution in [-0.4, -0.2) is 44.0 Å². The van der Waals surface area contributed by atoms with Crippen molar-refractivity contribution in [2.45, 2.75) is 35.7 Å². The standard InChI is InChI=1S/C10H12Br2O6/c1-3(13)17-9-5(11)6(12)10(18-4(2)14)8(16)7(9)15/h5-6,9-10,15-16H,1-2H3. The summed E-state index contributed by atoms with van der Waals surface area (Å²) in [6, 6.07) is 0. The Hall–Kier alpha value is -0.760. The first kappa shape index (κ1) is 15.3. The molecule has 0 aromatic carbocycles. The first-order valence-corrected chi connectivity index (χ1v) is 6.83. The maximum absolute atomic E-state index is 10.9. The number of ether oxygens (including phenoxy) is 2. The lowest BCUT2D eigenvalue weighted by atomic mass is 9.98. The molecule has 4 atom stereocenters. The van der Waals surface area contributed by atoms with Gasteiger partial charge in [0, 0.05) is 13.8 Å². The number of halogens is 2. The van der Waals surface area contributed by atoms with Gasteiger partial charge in [-0.15, -0.1) is 0 Å². The minimum absolute atomic E-state index is 0.533. The number of rotatable bonds is 2. The minimum atomic E-state index is -1.04. The number of aliphatic hydroxyl groups excluding tert-OH is 2. The van der Waals surface area contributed by atoms with E-state index in [0.29, 0.717) is 0 Å². The van der Waals surface area contributed by atoms with E-state index >= 15 is 0 Å². The maximum atomic E-state index is 10.9. The van der Waals surface area contributed by atoms with Gasteiger partial charge in [0.2, 0.25) is 0 Å². The second-order valence-corrected chi connectivity index (χ2v) is 5.83. The van der Waals surface area contributed by atoms with E-state index in [0.717, 1.165) is 0 Å². The smallest absolute Gasteiger partial charge is 0.303 e. The SMILES string of the molecule is CC(=O)OC1C(O)=C(O)C(OC(C)=O)C(Br)C1Br. The summed E-state index contributed by atoms with van der Waals surface area (Å²) in [5.41, 5.74) is 0. The molecule has 0 bridgehead atoms. The van der Waals surface area contributed by atoms with Gasteiger partial charge in [-0.1, -0.05) is 31.9 Å². The molecule has 0 aliphatic heterocycles. The average molecular weight is 388 g/mol. The molecular weight excluding hydrogens is 376 g/mol. The van der Waals surface area contributed by atoms with Crippen molar-refractivity contribution in [2.75, 3.05) is 0 Å². The maximum Gasteiger partial charge on any atom is 0.303 e. The van der Waals surface area contributed by atoms with Crippen LogP contribution < -0.4 is 0 Å². The number of hydrogen-bond acceptors (Lipinski definition) is 6. The van der Waals surface area contributed by atoms with Crippen LogP contribution in [0.5, 0.6) is 0 Å². The van der Waals surface area contributed by atoms with E-state index in [4.69, 9.17) is 9.47 Å². The quantitative estimate of drug-likeness (QED) is 0.553. The molecular formula is C10H12Br2O6. The molecule has 0 aromatic rings. The number of esters is 2. The predicted molar refractivity (Wildman–Crippen MR) is 68.8 cm³/mol. The Morgan fingerprint density at radius 2 is 1.22 bits per heavy atom. The van der Waals surface area contributed by atoms with Crippen LogP contribution >= 0.6 is 31.9 Å². The molecule has 18 heavy (non-hydrogen) atoms. The molecule has 0 radical (unpaired) electrons. The molecule has 0 aromatic heterocycles. The predicted octanol–water partition coefficient (Wildman–Crippen LogP) is 1.72. The van der Waals surface area contributed by atoms with Gasteiger partial charge in [-0.2, -0.15) is 0 Å². The van der Waals surface area contributed by atoms with Gasteiger partial charge in [-0.25, -0.2) is 0 Å². The Kier molecular flexibility index (Phi) is 5.03. The number of alkyl halides is 2. The molecule has 102 valence electrons. The Morgan fingerprint density at radius 1 is 0.944 bits per heavy atom. The summed E-state index contributed by atoms with van der Waals surface area (Å²) >= 11 is 6.45. The van der Waals surface area contributed by atoms with Crippen molar-refractivity contribution in [1.29, 1.82) is 0 Å². The molecule has 8 heteroatoms. The molecule has 4 unspecified atom stereocenters. The normalized spacial score (nSPS) is 32.0. The molecule has 1 aliphatic rings. The molecule has 0 fully saturated rings. The zero-order valence-electron chi connectivity index (χ0n) is 9.59. The summed E-state index contributed by atoms with van der Waals surface area (Å²) in [6.07, 6.45) is -2.09. The highest BCUT2D eigenvalue weighted by molar-refractivity contribution is 9.12. The van der Waals surface area contributed by atoms with Gasteiger partial charge in [0.1, 0.15) is 0 Å². The Balaban J connectivity index is 3.05. The highest BCUT2D eigenvalue weighted by atomic mass is 79.9. The third-order valence-electron chi connectivity index (χ3n) is 2.27. The average Bonchev–Trinajstić information content (AvgIpc) is 2.27. The highest BCUT2D eigenvalue weighted by Gasteiger charge is 2.46. The topological polar surface area (TPSA) is 93.1 Å². The van der Waals surface area contributed by atoms with Gasteiger partial charge in [0.25, 0.3) is 0 Å². The summed E-state index contributed by atoms with van der Waals surface area (Å²) in [7, 11) is 0. The van der Waals surface area contributed by atoms with E-state index in [2.05, 4.69) is 31.9 Å². The Morgan fingerprint density at radius 3 is 1.44 bits per heavy atom. The molecule has 0 amide bonds. The summed E-state index contributed by atoms with van der Waals surface area (Å²) in [5, 5.41) is 19.5. The van der Waals surface area contributed by atoms with Gasteiger partial charge in [-0.3, -0.25) is 9.59 Å². The van der Waals surface area contributed by atoms with Crippen LogP contribution in [0.3, 0.4) is 0 Å². The van der Waals surface area contributed by atoms with Crippen molar-refractivity contribution in [2.24, 2.45) is 0 Å².